The molecule has 0 aliphatic heterocycles. The van der Waals surface area contributed by atoms with E-state index in [1.54, 1.807) is 0 Å². The van der Waals surface area contributed by atoms with Gasteiger partial charge in [0.15, 0.2) is 0 Å². The van der Waals surface area contributed by atoms with E-state index in [1.807, 2.05) is 6.08 Å². The summed E-state index contributed by atoms with van der Waals surface area (Å²) < 4.78 is 5.64. The van der Waals surface area contributed by atoms with Crippen LogP contribution in [0.5, 0.6) is 0 Å². The van der Waals surface area contributed by atoms with Gasteiger partial charge in [-0.2, -0.15) is 0 Å². The number of hydrogen-bond donors (Lipinski definition) is 0. The zero-order chi connectivity index (χ0) is 17.0. The lowest BCUT2D eigenvalue weighted by Gasteiger charge is -2.32. The number of unbranched alkanes of at least 4 members (excludes halogenated alkanes) is 2. The van der Waals surface area contributed by atoms with Gasteiger partial charge in [0.25, 0.3) is 0 Å². The Balaban J connectivity index is 1.50. The molecule has 24 heavy (non-hydrogen) atoms. The summed E-state index contributed by atoms with van der Waals surface area (Å²) in [5, 5.41) is 0. The molecule has 0 bridgehead atoms. The lowest BCUT2D eigenvalue weighted by atomic mass is 9.75. The fourth-order valence-corrected chi connectivity index (χ4v) is 4.97. The van der Waals surface area contributed by atoms with E-state index in [9.17, 15) is 0 Å². The normalized spacial score (nSPS) is 31.0. The first-order valence-corrected chi connectivity index (χ1v) is 11.0. The van der Waals surface area contributed by atoms with E-state index in [1.165, 1.54) is 89.9 Å². The molecule has 0 heterocycles. The summed E-state index contributed by atoms with van der Waals surface area (Å²) in [6.07, 6.45) is 22.5. The largest absolute Gasteiger partial charge is 0.377 e. The monoisotopic (exact) mass is 334 g/mol. The fourth-order valence-electron chi connectivity index (χ4n) is 4.97. The predicted octanol–water partition coefficient (Wildman–Crippen LogP) is 7.16. The molecule has 2 saturated carbocycles. The van der Waals surface area contributed by atoms with Gasteiger partial charge in [-0.25, -0.2) is 0 Å². The van der Waals surface area contributed by atoms with Crippen molar-refractivity contribution in [3.05, 3.63) is 12.7 Å². The topological polar surface area (TPSA) is 9.23 Å². The van der Waals surface area contributed by atoms with Gasteiger partial charge >= 0.3 is 0 Å². The summed E-state index contributed by atoms with van der Waals surface area (Å²) >= 11 is 0. The molecule has 0 aromatic rings. The molecule has 0 radical (unpaired) electrons. The zero-order valence-electron chi connectivity index (χ0n) is 16.3. The first kappa shape index (κ1) is 20.0. The molecule has 2 rings (SSSR count). The maximum atomic E-state index is 5.64. The van der Waals surface area contributed by atoms with Crippen LogP contribution >= 0.6 is 0 Å². The number of hydrogen-bond acceptors (Lipinski definition) is 1. The molecule has 1 heteroatoms. The molecule has 0 aromatic carbocycles. The van der Waals surface area contributed by atoms with E-state index in [-0.39, 0.29) is 0 Å². The zero-order valence-corrected chi connectivity index (χ0v) is 16.3. The summed E-state index contributed by atoms with van der Waals surface area (Å²) in [4.78, 5) is 0. The van der Waals surface area contributed by atoms with Crippen molar-refractivity contribution in [1.29, 1.82) is 0 Å². The molecule has 2 aliphatic carbocycles. The number of rotatable bonds is 11. The fraction of sp³-hybridized carbons (Fsp3) is 0.913. The maximum absolute atomic E-state index is 5.64. The second kappa shape index (κ2) is 12.1. The average molecular weight is 335 g/mol. The van der Waals surface area contributed by atoms with E-state index < -0.39 is 0 Å². The molecule has 2 fully saturated rings. The molecule has 1 nitrogen and oxygen atoms in total. The van der Waals surface area contributed by atoms with Gasteiger partial charge in [-0.05, 0) is 36.5 Å². The molecular weight excluding hydrogens is 292 g/mol. The second-order valence-electron chi connectivity index (χ2n) is 8.67. The Morgan fingerprint density at radius 3 is 1.75 bits per heavy atom. The van der Waals surface area contributed by atoms with Crippen molar-refractivity contribution in [3.8, 4) is 0 Å². The van der Waals surface area contributed by atoms with Crippen molar-refractivity contribution >= 4 is 0 Å². The maximum Gasteiger partial charge on any atom is 0.0644 e. The highest BCUT2D eigenvalue weighted by atomic mass is 16.5. The van der Waals surface area contributed by atoms with Crippen molar-refractivity contribution < 1.29 is 4.74 Å². The molecule has 0 aromatic heterocycles. The lowest BCUT2D eigenvalue weighted by molar-refractivity contribution is 0.0936. The minimum Gasteiger partial charge on any atom is -0.377 e. The highest BCUT2D eigenvalue weighted by Crippen LogP contribution is 2.37. The van der Waals surface area contributed by atoms with Gasteiger partial charge in [-0.1, -0.05) is 90.0 Å². The Labute approximate surface area is 151 Å². The van der Waals surface area contributed by atoms with Crippen LogP contribution in [0.3, 0.4) is 0 Å². The second-order valence-corrected chi connectivity index (χ2v) is 8.67. The van der Waals surface area contributed by atoms with Gasteiger partial charge in [0, 0.05) is 6.61 Å². The summed E-state index contributed by atoms with van der Waals surface area (Å²) in [6.45, 7) is 7.72. The molecule has 0 atom stereocenters. The smallest absolute Gasteiger partial charge is 0.0644 e. The third-order valence-electron chi connectivity index (χ3n) is 6.72. The Morgan fingerprint density at radius 1 is 0.750 bits per heavy atom. The van der Waals surface area contributed by atoms with Crippen LogP contribution in [0.25, 0.3) is 0 Å². The van der Waals surface area contributed by atoms with Gasteiger partial charge in [-0.15, -0.1) is 6.58 Å². The summed E-state index contributed by atoms with van der Waals surface area (Å²) in [6, 6.07) is 0. The van der Waals surface area contributed by atoms with Crippen molar-refractivity contribution in [3.63, 3.8) is 0 Å². The molecular formula is C23H42O. The minimum absolute atomic E-state index is 0.723. The summed E-state index contributed by atoms with van der Waals surface area (Å²) in [5.41, 5.74) is 0. The molecule has 0 spiro atoms. The van der Waals surface area contributed by atoms with Gasteiger partial charge < -0.3 is 4.74 Å². The van der Waals surface area contributed by atoms with Crippen LogP contribution in [0, 0.1) is 23.7 Å². The number of ether oxygens (including phenoxy) is 1. The first-order valence-electron chi connectivity index (χ1n) is 11.0. The molecule has 2 aliphatic rings. The predicted molar refractivity (Wildman–Crippen MR) is 105 cm³/mol. The molecule has 0 saturated heterocycles. The highest BCUT2D eigenvalue weighted by molar-refractivity contribution is 4.77. The standard InChI is InChI=1S/C23H42O/c1-3-5-6-7-20-8-10-21(11-9-20)12-13-22-14-16-23(17-15-22)19-24-18-4-2/h4,20-23H,2-3,5-19H2,1H3. The van der Waals surface area contributed by atoms with Gasteiger partial charge in [-0.3, -0.25) is 0 Å². The van der Waals surface area contributed by atoms with Crippen molar-refractivity contribution in [2.45, 2.75) is 96.8 Å². The SMILES string of the molecule is C=CCOCC1CCC(CCC2CCC(CCCCC)CC2)CC1. The molecule has 0 unspecified atom stereocenters. The minimum atomic E-state index is 0.723. The first-order chi connectivity index (χ1) is 11.8. The van der Waals surface area contributed by atoms with E-state index in [0.717, 1.165) is 36.9 Å². The Hall–Kier alpha value is -0.300. The molecule has 140 valence electrons. The summed E-state index contributed by atoms with van der Waals surface area (Å²) in [5.74, 6) is 3.96. The van der Waals surface area contributed by atoms with Crippen LogP contribution in [-0.4, -0.2) is 13.2 Å². The van der Waals surface area contributed by atoms with Crippen LogP contribution in [-0.2, 0) is 4.74 Å². The van der Waals surface area contributed by atoms with Crippen molar-refractivity contribution in [1.82, 2.24) is 0 Å². The summed E-state index contributed by atoms with van der Waals surface area (Å²) in [7, 11) is 0. The van der Waals surface area contributed by atoms with E-state index in [2.05, 4.69) is 13.5 Å². The highest BCUT2D eigenvalue weighted by Gasteiger charge is 2.24. The Morgan fingerprint density at radius 2 is 1.25 bits per heavy atom. The van der Waals surface area contributed by atoms with Crippen molar-refractivity contribution in [2.75, 3.05) is 13.2 Å². The average Bonchev–Trinajstić information content (AvgIpc) is 2.63. The Kier molecular flexibility index (Phi) is 10.1. The quantitative estimate of drug-likeness (QED) is 0.287. The lowest BCUT2D eigenvalue weighted by Crippen LogP contribution is -2.20. The third kappa shape index (κ3) is 7.72. The van der Waals surface area contributed by atoms with Crippen LogP contribution in [0.1, 0.15) is 96.8 Å². The van der Waals surface area contributed by atoms with E-state index in [0.29, 0.717) is 0 Å². The Bertz CT molecular complexity index is 308. The van der Waals surface area contributed by atoms with E-state index in [4.69, 9.17) is 4.74 Å². The van der Waals surface area contributed by atoms with Gasteiger partial charge in [0.2, 0.25) is 0 Å². The van der Waals surface area contributed by atoms with Crippen LogP contribution < -0.4 is 0 Å². The van der Waals surface area contributed by atoms with Crippen LogP contribution in [0.15, 0.2) is 12.7 Å². The van der Waals surface area contributed by atoms with Crippen LogP contribution in [0.4, 0.5) is 0 Å². The molecule has 0 N–H and O–H groups in total. The van der Waals surface area contributed by atoms with Crippen LogP contribution in [0.2, 0.25) is 0 Å². The third-order valence-corrected chi connectivity index (χ3v) is 6.72. The van der Waals surface area contributed by atoms with Gasteiger partial charge in [0.05, 0.1) is 6.61 Å². The molecule has 0 amide bonds. The van der Waals surface area contributed by atoms with Gasteiger partial charge in [0.1, 0.15) is 0 Å². The van der Waals surface area contributed by atoms with Crippen molar-refractivity contribution in [2.24, 2.45) is 23.7 Å². The van der Waals surface area contributed by atoms with E-state index >= 15 is 0 Å².